The standard InChI is InChI=1S/C33H39N9O2/c1-3-17-42(18-4-2)25-12-14-28-30(22-25)40-33(38-28)24-11-13-27-29(21-24)39-32(37-27)23-8-5-9-26(20-23)44-19-6-10-31(43)35-15-7-16-36-41-34/h5,8-9,11-14,20-22H,3-4,6-7,10,15-19H2,1-2H3,(H,35,43)(H,37,39)(H,38,40). The number of carbonyl (C=O) groups excluding carboxylic acids is 1. The number of imidazole rings is 2. The maximum Gasteiger partial charge on any atom is 0.220 e. The van der Waals surface area contributed by atoms with Gasteiger partial charge < -0.3 is 24.9 Å². The fraction of sp³-hybridized carbons (Fsp3) is 0.364. The van der Waals surface area contributed by atoms with Crippen LogP contribution in [0.2, 0.25) is 0 Å². The lowest BCUT2D eigenvalue weighted by Crippen LogP contribution is -2.24. The molecular weight excluding hydrogens is 554 g/mol. The van der Waals surface area contributed by atoms with E-state index in [0.717, 1.165) is 76.5 Å². The van der Waals surface area contributed by atoms with E-state index in [1.807, 2.05) is 36.4 Å². The summed E-state index contributed by atoms with van der Waals surface area (Å²) in [7, 11) is 0. The van der Waals surface area contributed by atoms with Gasteiger partial charge in [-0.15, -0.1) is 0 Å². The zero-order chi connectivity index (χ0) is 30.7. The van der Waals surface area contributed by atoms with Gasteiger partial charge in [0.1, 0.15) is 17.4 Å². The largest absolute Gasteiger partial charge is 0.494 e. The van der Waals surface area contributed by atoms with Gasteiger partial charge in [-0.2, -0.15) is 0 Å². The molecule has 0 radical (unpaired) electrons. The van der Waals surface area contributed by atoms with Crippen LogP contribution in [0.15, 0.2) is 65.8 Å². The number of nitrogens with one attached hydrogen (secondary N) is 3. The van der Waals surface area contributed by atoms with E-state index in [4.69, 9.17) is 20.2 Å². The van der Waals surface area contributed by atoms with Crippen LogP contribution in [0.3, 0.4) is 0 Å². The number of fused-ring (bicyclic) bond motifs is 2. The molecule has 0 spiro atoms. The summed E-state index contributed by atoms with van der Waals surface area (Å²) in [5, 5.41) is 6.28. The van der Waals surface area contributed by atoms with Crippen LogP contribution in [0.4, 0.5) is 5.69 Å². The summed E-state index contributed by atoms with van der Waals surface area (Å²) >= 11 is 0. The zero-order valence-corrected chi connectivity index (χ0v) is 25.3. The normalized spacial score (nSPS) is 11.0. The molecule has 0 saturated carbocycles. The van der Waals surface area contributed by atoms with E-state index in [2.05, 4.69) is 68.3 Å². The molecule has 0 aliphatic rings. The minimum Gasteiger partial charge on any atom is -0.494 e. The van der Waals surface area contributed by atoms with Crippen LogP contribution in [-0.4, -0.2) is 58.6 Å². The van der Waals surface area contributed by atoms with Crippen molar-refractivity contribution < 1.29 is 9.53 Å². The van der Waals surface area contributed by atoms with Crippen molar-refractivity contribution in [3.63, 3.8) is 0 Å². The molecule has 3 N–H and O–H groups in total. The molecule has 11 heteroatoms. The summed E-state index contributed by atoms with van der Waals surface area (Å²) in [6.07, 6.45) is 3.81. The number of aromatic amines is 2. The van der Waals surface area contributed by atoms with Gasteiger partial charge in [0.25, 0.3) is 0 Å². The van der Waals surface area contributed by atoms with Crippen molar-refractivity contribution >= 4 is 33.7 Å². The molecule has 5 rings (SSSR count). The number of nitrogens with zero attached hydrogens (tertiary/aromatic N) is 6. The van der Waals surface area contributed by atoms with Crippen LogP contribution in [0.5, 0.6) is 5.75 Å². The number of H-pyrrole nitrogens is 2. The highest BCUT2D eigenvalue weighted by Crippen LogP contribution is 2.29. The number of benzene rings is 3. The third kappa shape index (κ3) is 7.67. The number of aromatic nitrogens is 4. The lowest BCUT2D eigenvalue weighted by Gasteiger charge is -2.23. The first-order chi connectivity index (χ1) is 21.6. The molecule has 228 valence electrons. The lowest BCUT2D eigenvalue weighted by molar-refractivity contribution is -0.121. The van der Waals surface area contributed by atoms with Crippen LogP contribution < -0.4 is 15.0 Å². The topological polar surface area (TPSA) is 148 Å². The summed E-state index contributed by atoms with van der Waals surface area (Å²) in [4.78, 5) is 33.7. The number of amides is 1. The first-order valence-electron chi connectivity index (χ1n) is 15.3. The SMILES string of the molecule is CCCN(CCC)c1ccc2nc(-c3ccc4nc(-c5cccc(OCCCC(=O)NCCCN=[N+]=[N-])c5)[nH]c4c3)[nH]c2c1. The summed E-state index contributed by atoms with van der Waals surface area (Å²) in [6, 6.07) is 20.4. The molecule has 11 nitrogen and oxygen atoms in total. The third-order valence-corrected chi connectivity index (χ3v) is 7.32. The molecule has 1 amide bonds. The van der Waals surface area contributed by atoms with E-state index in [-0.39, 0.29) is 5.91 Å². The van der Waals surface area contributed by atoms with Crippen LogP contribution in [-0.2, 0) is 4.79 Å². The van der Waals surface area contributed by atoms with Gasteiger partial charge >= 0.3 is 0 Å². The van der Waals surface area contributed by atoms with Gasteiger partial charge in [-0.1, -0.05) is 31.1 Å². The van der Waals surface area contributed by atoms with Crippen molar-refractivity contribution in [2.24, 2.45) is 5.11 Å². The molecular formula is C33H39N9O2. The van der Waals surface area contributed by atoms with Crippen molar-refractivity contribution in [1.82, 2.24) is 25.3 Å². The quantitative estimate of drug-likeness (QED) is 0.0473. The highest BCUT2D eigenvalue weighted by atomic mass is 16.5. The van der Waals surface area contributed by atoms with E-state index < -0.39 is 0 Å². The van der Waals surface area contributed by atoms with Crippen LogP contribution in [0.1, 0.15) is 46.0 Å². The Labute approximate surface area is 256 Å². The Morgan fingerprint density at radius 3 is 2.36 bits per heavy atom. The molecule has 5 aromatic rings. The molecule has 2 heterocycles. The maximum absolute atomic E-state index is 12.0. The molecule has 2 aromatic heterocycles. The summed E-state index contributed by atoms with van der Waals surface area (Å²) in [5.74, 6) is 2.26. The van der Waals surface area contributed by atoms with Crippen molar-refractivity contribution in [3.8, 4) is 28.5 Å². The average Bonchev–Trinajstić information content (AvgIpc) is 3.67. The van der Waals surface area contributed by atoms with E-state index in [1.54, 1.807) is 0 Å². The fourth-order valence-electron chi connectivity index (χ4n) is 5.20. The Balaban J connectivity index is 1.23. The fourth-order valence-corrected chi connectivity index (χ4v) is 5.20. The molecule has 0 fully saturated rings. The van der Waals surface area contributed by atoms with Crippen LogP contribution in [0, 0.1) is 0 Å². The van der Waals surface area contributed by atoms with E-state index >= 15 is 0 Å². The number of rotatable bonds is 16. The highest BCUT2D eigenvalue weighted by Gasteiger charge is 2.12. The van der Waals surface area contributed by atoms with Crippen molar-refractivity contribution in [3.05, 3.63) is 71.1 Å². The van der Waals surface area contributed by atoms with Crippen molar-refractivity contribution in [1.29, 1.82) is 0 Å². The predicted molar refractivity (Wildman–Crippen MR) is 176 cm³/mol. The molecule has 0 aliphatic carbocycles. The van der Waals surface area contributed by atoms with Crippen LogP contribution >= 0.6 is 0 Å². The first kappa shape index (κ1) is 30.4. The minimum atomic E-state index is -0.0390. The predicted octanol–water partition coefficient (Wildman–Crippen LogP) is 7.38. The summed E-state index contributed by atoms with van der Waals surface area (Å²) in [5.41, 5.74) is 15.2. The molecule has 0 aliphatic heterocycles. The Morgan fingerprint density at radius 2 is 1.64 bits per heavy atom. The Hall–Kier alpha value is -5.02. The molecule has 3 aromatic carbocycles. The Kier molecular flexibility index (Phi) is 10.3. The second kappa shape index (κ2) is 14.9. The Morgan fingerprint density at radius 1 is 0.932 bits per heavy atom. The van der Waals surface area contributed by atoms with E-state index in [1.165, 1.54) is 5.69 Å². The van der Waals surface area contributed by atoms with Crippen LogP contribution in [0.25, 0.3) is 55.3 Å². The molecule has 44 heavy (non-hydrogen) atoms. The second-order valence-corrected chi connectivity index (χ2v) is 10.7. The Bertz CT molecular complexity index is 1750. The third-order valence-electron chi connectivity index (χ3n) is 7.32. The lowest BCUT2D eigenvalue weighted by atomic mass is 10.2. The van der Waals surface area contributed by atoms with Gasteiger partial charge in [-0.05, 0) is 79.7 Å². The van der Waals surface area contributed by atoms with E-state index in [0.29, 0.717) is 39.0 Å². The summed E-state index contributed by atoms with van der Waals surface area (Å²) < 4.78 is 5.91. The molecule has 0 saturated heterocycles. The zero-order valence-electron chi connectivity index (χ0n) is 25.3. The van der Waals surface area contributed by atoms with Gasteiger partial charge in [0.2, 0.25) is 5.91 Å². The van der Waals surface area contributed by atoms with Gasteiger partial charge in [-0.3, -0.25) is 4.79 Å². The maximum atomic E-state index is 12.0. The second-order valence-electron chi connectivity index (χ2n) is 10.7. The van der Waals surface area contributed by atoms with Gasteiger partial charge in [0.15, 0.2) is 0 Å². The summed E-state index contributed by atoms with van der Waals surface area (Å²) in [6.45, 7) is 7.80. The molecule has 0 atom stereocenters. The van der Waals surface area contributed by atoms with Gasteiger partial charge in [0.05, 0.1) is 28.7 Å². The van der Waals surface area contributed by atoms with Gasteiger partial charge in [0, 0.05) is 54.3 Å². The molecule has 0 unspecified atom stereocenters. The number of ether oxygens (including phenoxy) is 1. The number of carbonyl (C=O) groups is 1. The number of azide groups is 1. The smallest absolute Gasteiger partial charge is 0.220 e. The van der Waals surface area contributed by atoms with Crippen molar-refractivity contribution in [2.75, 3.05) is 37.7 Å². The highest BCUT2D eigenvalue weighted by molar-refractivity contribution is 5.87. The molecule has 0 bridgehead atoms. The minimum absolute atomic E-state index is 0.0390. The monoisotopic (exact) mass is 593 g/mol. The number of hydrogen-bond donors (Lipinski definition) is 3. The average molecular weight is 594 g/mol. The van der Waals surface area contributed by atoms with Crippen molar-refractivity contribution in [2.45, 2.75) is 46.0 Å². The van der Waals surface area contributed by atoms with Gasteiger partial charge in [-0.25, -0.2) is 9.97 Å². The van der Waals surface area contributed by atoms with E-state index in [9.17, 15) is 4.79 Å². The first-order valence-corrected chi connectivity index (χ1v) is 15.3. The number of anilines is 1. The number of hydrogen-bond acceptors (Lipinski definition) is 6.